The molecular formula is C28H25Cl2N7O3. The number of hydrogen-bond acceptors (Lipinski definition) is 5. The van der Waals surface area contributed by atoms with Crippen molar-refractivity contribution in [2.24, 2.45) is 0 Å². The minimum atomic E-state index is -0.565. The van der Waals surface area contributed by atoms with Crippen LogP contribution in [0.15, 0.2) is 73.1 Å². The summed E-state index contributed by atoms with van der Waals surface area (Å²) in [6.45, 7) is 0.224. The highest BCUT2D eigenvalue weighted by Crippen LogP contribution is 2.29. The van der Waals surface area contributed by atoms with Crippen LogP contribution >= 0.6 is 23.2 Å². The molecule has 5 rings (SSSR count). The Labute approximate surface area is 239 Å². The Bertz CT molecular complexity index is 1640. The number of carbonyl (C=O) groups is 2. The fraction of sp³-hybridized carbons (Fsp3) is 0.143. The molecule has 0 spiro atoms. The number of benzene rings is 3. The summed E-state index contributed by atoms with van der Waals surface area (Å²) in [5.74, 6) is 0.494. The lowest BCUT2D eigenvalue weighted by Crippen LogP contribution is -2.38. The number of hydrogen-bond donors (Lipinski definition) is 5. The number of amides is 3. The molecule has 12 heteroatoms. The molecule has 2 aromatic heterocycles. The summed E-state index contributed by atoms with van der Waals surface area (Å²) in [6, 6.07) is 19.4. The molecule has 0 bridgehead atoms. The van der Waals surface area contributed by atoms with Gasteiger partial charge in [-0.1, -0.05) is 65.7 Å². The predicted octanol–water partition coefficient (Wildman–Crippen LogP) is 6.22. The Morgan fingerprint density at radius 3 is 2.58 bits per heavy atom. The number of ether oxygens (including phenoxy) is 1. The number of carbonyl (C=O) groups excluding carboxylic acids is 2. The molecule has 0 fully saturated rings. The van der Waals surface area contributed by atoms with Crippen LogP contribution in [0.3, 0.4) is 0 Å². The second-order valence-electron chi connectivity index (χ2n) is 8.91. The number of fused-ring (bicyclic) bond motifs is 1. The van der Waals surface area contributed by atoms with Gasteiger partial charge in [-0.05, 0) is 36.2 Å². The number of rotatable bonds is 8. The molecule has 1 unspecified atom stereocenters. The fourth-order valence-corrected chi connectivity index (χ4v) is 4.76. The van der Waals surface area contributed by atoms with Gasteiger partial charge in [0.1, 0.15) is 16.7 Å². The fourth-order valence-electron chi connectivity index (χ4n) is 4.28. The highest BCUT2D eigenvalue weighted by molar-refractivity contribution is 6.32. The lowest BCUT2D eigenvalue weighted by molar-refractivity contribution is 0.187. The SMILES string of the molecule is COC(=O)Nc1ccc(-c2nc(C(Cc3ccccc3)NC(=O)NCc3cc(Cl)cc4[nH]cnc34)[nH]c2Cl)cc1. The molecule has 204 valence electrons. The second kappa shape index (κ2) is 12.1. The Morgan fingerprint density at radius 2 is 1.82 bits per heavy atom. The second-order valence-corrected chi connectivity index (χ2v) is 9.73. The maximum atomic E-state index is 13.1. The van der Waals surface area contributed by atoms with Gasteiger partial charge < -0.3 is 25.3 Å². The van der Waals surface area contributed by atoms with E-state index in [4.69, 9.17) is 28.2 Å². The third kappa shape index (κ3) is 6.36. The lowest BCUT2D eigenvalue weighted by Gasteiger charge is -2.18. The highest BCUT2D eigenvalue weighted by atomic mass is 35.5. The van der Waals surface area contributed by atoms with E-state index in [9.17, 15) is 9.59 Å². The average molecular weight is 578 g/mol. The Morgan fingerprint density at radius 1 is 1.05 bits per heavy atom. The number of anilines is 1. The van der Waals surface area contributed by atoms with Crippen molar-refractivity contribution >= 4 is 52.0 Å². The molecule has 1 atom stereocenters. The van der Waals surface area contributed by atoms with Gasteiger partial charge >= 0.3 is 12.1 Å². The Kier molecular flexibility index (Phi) is 8.18. The van der Waals surface area contributed by atoms with Crippen LogP contribution in [0.2, 0.25) is 10.2 Å². The zero-order chi connectivity index (χ0) is 28.1. The summed E-state index contributed by atoms with van der Waals surface area (Å²) in [6.07, 6.45) is 1.49. The maximum absolute atomic E-state index is 13.1. The van der Waals surface area contributed by atoms with E-state index in [1.54, 1.807) is 42.7 Å². The minimum absolute atomic E-state index is 0.224. The molecule has 0 radical (unpaired) electrons. The third-order valence-electron chi connectivity index (χ3n) is 6.19. The molecule has 5 N–H and O–H groups in total. The summed E-state index contributed by atoms with van der Waals surface area (Å²) in [5.41, 5.74) is 5.13. The van der Waals surface area contributed by atoms with Gasteiger partial charge in [0, 0.05) is 28.4 Å². The number of urea groups is 1. The van der Waals surface area contributed by atoms with Crippen molar-refractivity contribution in [3.63, 3.8) is 0 Å². The van der Waals surface area contributed by atoms with Crippen molar-refractivity contribution in [3.8, 4) is 11.3 Å². The van der Waals surface area contributed by atoms with Gasteiger partial charge in [0.15, 0.2) is 0 Å². The molecule has 0 aliphatic rings. The standard InChI is InChI=1S/C28H25Cl2N7O3/c1-40-28(39)34-20-9-7-17(8-10-20)24-25(30)37-26(36-24)22(11-16-5-3-2-4-6-16)35-27(38)31-14-18-12-19(29)13-21-23(18)33-15-32-21/h2-10,12-13,15,22H,11,14H2,1H3,(H,32,33)(H,34,39)(H,36,37)(H2,31,35,38). The van der Waals surface area contributed by atoms with Gasteiger partial charge in [0.2, 0.25) is 0 Å². The first-order valence-electron chi connectivity index (χ1n) is 12.3. The number of methoxy groups -OCH3 is 1. The molecule has 10 nitrogen and oxygen atoms in total. The van der Waals surface area contributed by atoms with Crippen LogP contribution in [0.4, 0.5) is 15.3 Å². The van der Waals surface area contributed by atoms with Crippen molar-refractivity contribution in [2.75, 3.05) is 12.4 Å². The number of nitrogens with one attached hydrogen (secondary N) is 5. The molecule has 2 heterocycles. The van der Waals surface area contributed by atoms with Gasteiger partial charge in [0.05, 0.1) is 30.5 Å². The molecule has 5 aromatic rings. The number of nitrogens with zero attached hydrogens (tertiary/aromatic N) is 2. The zero-order valence-corrected chi connectivity index (χ0v) is 22.8. The maximum Gasteiger partial charge on any atom is 0.411 e. The van der Waals surface area contributed by atoms with E-state index in [-0.39, 0.29) is 6.54 Å². The van der Waals surface area contributed by atoms with Gasteiger partial charge in [0.25, 0.3) is 0 Å². The minimum Gasteiger partial charge on any atom is -0.453 e. The monoisotopic (exact) mass is 577 g/mol. The van der Waals surface area contributed by atoms with Crippen LogP contribution in [0, 0.1) is 0 Å². The summed E-state index contributed by atoms with van der Waals surface area (Å²) >= 11 is 12.8. The van der Waals surface area contributed by atoms with E-state index in [2.05, 4.69) is 35.6 Å². The zero-order valence-electron chi connectivity index (χ0n) is 21.3. The number of aromatic nitrogens is 4. The number of H-pyrrole nitrogens is 2. The Hall–Kier alpha value is -4.54. The summed E-state index contributed by atoms with van der Waals surface area (Å²) in [4.78, 5) is 39.7. The topological polar surface area (TPSA) is 137 Å². The van der Waals surface area contributed by atoms with Crippen LogP contribution < -0.4 is 16.0 Å². The summed E-state index contributed by atoms with van der Waals surface area (Å²) < 4.78 is 4.62. The largest absolute Gasteiger partial charge is 0.453 e. The first-order chi connectivity index (χ1) is 19.4. The summed E-state index contributed by atoms with van der Waals surface area (Å²) in [5, 5.41) is 9.37. The van der Waals surface area contributed by atoms with Crippen LogP contribution in [0.1, 0.15) is 23.0 Å². The molecule has 0 saturated heterocycles. The van der Waals surface area contributed by atoms with E-state index in [0.29, 0.717) is 33.8 Å². The van der Waals surface area contributed by atoms with Crippen molar-refractivity contribution < 1.29 is 14.3 Å². The molecule has 0 saturated carbocycles. The van der Waals surface area contributed by atoms with Crippen LogP contribution in [-0.4, -0.2) is 39.2 Å². The van der Waals surface area contributed by atoms with Gasteiger partial charge in [-0.2, -0.15) is 0 Å². The molecule has 40 heavy (non-hydrogen) atoms. The van der Waals surface area contributed by atoms with Crippen LogP contribution in [0.25, 0.3) is 22.3 Å². The highest BCUT2D eigenvalue weighted by Gasteiger charge is 2.22. The van der Waals surface area contributed by atoms with Crippen LogP contribution in [-0.2, 0) is 17.7 Å². The van der Waals surface area contributed by atoms with E-state index < -0.39 is 18.2 Å². The van der Waals surface area contributed by atoms with E-state index in [0.717, 1.165) is 27.7 Å². The van der Waals surface area contributed by atoms with Crippen LogP contribution in [0.5, 0.6) is 0 Å². The van der Waals surface area contributed by atoms with E-state index >= 15 is 0 Å². The molecule has 3 aromatic carbocycles. The van der Waals surface area contributed by atoms with Gasteiger partial charge in [-0.15, -0.1) is 0 Å². The van der Waals surface area contributed by atoms with Crippen molar-refractivity contribution in [3.05, 3.63) is 100 Å². The Balaban J connectivity index is 1.35. The molecule has 0 aliphatic heterocycles. The van der Waals surface area contributed by atoms with E-state index in [1.165, 1.54) is 7.11 Å². The normalized spacial score (nSPS) is 11.7. The molecular weight excluding hydrogens is 553 g/mol. The smallest absolute Gasteiger partial charge is 0.411 e. The first kappa shape index (κ1) is 27.0. The number of halogens is 2. The molecule has 3 amide bonds. The first-order valence-corrected chi connectivity index (χ1v) is 13.1. The van der Waals surface area contributed by atoms with Crippen molar-refractivity contribution in [2.45, 2.75) is 19.0 Å². The van der Waals surface area contributed by atoms with E-state index in [1.807, 2.05) is 30.3 Å². The number of aromatic amines is 2. The quantitative estimate of drug-likeness (QED) is 0.149. The number of imidazole rings is 2. The third-order valence-corrected chi connectivity index (χ3v) is 6.68. The summed E-state index contributed by atoms with van der Waals surface area (Å²) in [7, 11) is 1.30. The van der Waals surface area contributed by atoms with Gasteiger partial charge in [-0.25, -0.2) is 19.6 Å². The molecule has 0 aliphatic carbocycles. The van der Waals surface area contributed by atoms with Gasteiger partial charge in [-0.3, -0.25) is 5.32 Å². The predicted molar refractivity (Wildman–Crippen MR) is 154 cm³/mol. The van der Waals surface area contributed by atoms with Crippen molar-refractivity contribution in [1.29, 1.82) is 0 Å². The lowest BCUT2D eigenvalue weighted by atomic mass is 10.1. The average Bonchev–Trinajstić information content (AvgIpc) is 3.59. The van der Waals surface area contributed by atoms with Crippen molar-refractivity contribution in [1.82, 2.24) is 30.6 Å².